The molecule has 1 aromatic heterocycles. The second-order valence-electron chi connectivity index (χ2n) is 4.79. The van der Waals surface area contributed by atoms with Crippen molar-refractivity contribution in [3.05, 3.63) is 17.9 Å². The molecule has 0 aliphatic rings. The zero-order chi connectivity index (χ0) is 16.2. The summed E-state index contributed by atoms with van der Waals surface area (Å²) in [6, 6.07) is -0.302. The molecule has 1 unspecified atom stereocenters. The van der Waals surface area contributed by atoms with Gasteiger partial charge in [-0.25, -0.2) is 13.2 Å². The Kier molecular flexibility index (Phi) is 5.50. The molecule has 118 valence electrons. The first kappa shape index (κ1) is 17.2. The van der Waals surface area contributed by atoms with Crippen molar-refractivity contribution in [2.75, 3.05) is 7.11 Å². The lowest BCUT2D eigenvalue weighted by Crippen LogP contribution is -2.41. The van der Waals surface area contributed by atoms with Crippen LogP contribution in [0.2, 0.25) is 0 Å². The molecule has 0 spiro atoms. The Morgan fingerprint density at radius 2 is 2.05 bits per heavy atom. The van der Waals surface area contributed by atoms with Gasteiger partial charge in [-0.1, -0.05) is 13.8 Å². The second kappa shape index (κ2) is 6.72. The molecule has 0 aromatic carbocycles. The van der Waals surface area contributed by atoms with Gasteiger partial charge in [0.1, 0.15) is 12.3 Å². The highest BCUT2D eigenvalue weighted by Crippen LogP contribution is 2.16. The van der Waals surface area contributed by atoms with Crippen molar-refractivity contribution in [1.29, 1.82) is 0 Å². The number of hydrogen-bond donors (Lipinski definition) is 2. The summed E-state index contributed by atoms with van der Waals surface area (Å²) in [5, 5.41) is 8.49. The number of carbonyl (C=O) groups excluding carboxylic acids is 1. The van der Waals surface area contributed by atoms with E-state index in [1.807, 2.05) is 4.72 Å². The molecule has 0 fully saturated rings. The molecule has 1 atom stereocenters. The third-order valence-corrected chi connectivity index (χ3v) is 3.90. The van der Waals surface area contributed by atoms with Crippen LogP contribution in [0.3, 0.4) is 0 Å². The van der Waals surface area contributed by atoms with Crippen LogP contribution in [0.15, 0.2) is 21.8 Å². The predicted molar refractivity (Wildman–Crippen MR) is 71.2 cm³/mol. The highest BCUT2D eigenvalue weighted by molar-refractivity contribution is 7.89. The fourth-order valence-corrected chi connectivity index (χ4v) is 2.74. The maximum absolute atomic E-state index is 12.0. The van der Waals surface area contributed by atoms with E-state index in [9.17, 15) is 18.0 Å². The van der Waals surface area contributed by atoms with E-state index in [0.29, 0.717) is 0 Å². The Balaban J connectivity index is 2.97. The smallest absolute Gasteiger partial charge is 0.341 e. The molecular weight excluding hydrogens is 302 g/mol. The van der Waals surface area contributed by atoms with Gasteiger partial charge in [-0.05, 0) is 12.3 Å². The van der Waals surface area contributed by atoms with E-state index in [-0.39, 0.29) is 17.9 Å². The average Bonchev–Trinajstić information content (AvgIpc) is 2.86. The Morgan fingerprint density at radius 3 is 2.52 bits per heavy atom. The van der Waals surface area contributed by atoms with Gasteiger partial charge in [-0.15, -0.1) is 0 Å². The first-order valence-corrected chi connectivity index (χ1v) is 7.57. The van der Waals surface area contributed by atoms with E-state index >= 15 is 0 Å². The van der Waals surface area contributed by atoms with Crippen LogP contribution in [0.25, 0.3) is 0 Å². The molecule has 0 radical (unpaired) electrons. The highest BCUT2D eigenvalue weighted by atomic mass is 32.2. The fourth-order valence-electron chi connectivity index (χ4n) is 1.60. The maximum atomic E-state index is 12.0. The molecule has 21 heavy (non-hydrogen) atoms. The summed E-state index contributed by atoms with van der Waals surface area (Å²) < 4.78 is 35.3. The van der Waals surface area contributed by atoms with Crippen molar-refractivity contribution in [3.8, 4) is 0 Å². The van der Waals surface area contributed by atoms with Gasteiger partial charge in [0.2, 0.25) is 5.09 Å². The summed E-state index contributed by atoms with van der Waals surface area (Å²) in [6.45, 7) is 3.54. The molecule has 0 saturated heterocycles. The van der Waals surface area contributed by atoms with Crippen molar-refractivity contribution in [1.82, 2.24) is 4.72 Å². The van der Waals surface area contributed by atoms with Crippen LogP contribution in [0.5, 0.6) is 0 Å². The third-order valence-electron chi connectivity index (χ3n) is 2.56. The zero-order valence-electron chi connectivity index (χ0n) is 11.8. The quantitative estimate of drug-likeness (QED) is 0.714. The lowest BCUT2D eigenvalue weighted by molar-refractivity contribution is -0.139. The first-order chi connectivity index (χ1) is 9.67. The van der Waals surface area contributed by atoms with Crippen LogP contribution in [0.1, 0.15) is 30.6 Å². The maximum Gasteiger partial charge on any atom is 0.341 e. The number of carbonyl (C=O) groups is 2. The van der Waals surface area contributed by atoms with E-state index < -0.39 is 33.1 Å². The number of carboxylic acid groups (broad SMARTS) is 1. The summed E-state index contributed by atoms with van der Waals surface area (Å²) in [7, 11) is -3.03. The van der Waals surface area contributed by atoms with Crippen molar-refractivity contribution < 1.29 is 32.3 Å². The number of ether oxygens (including phenoxy) is 1. The molecule has 9 heteroatoms. The fraction of sp³-hybridized carbons (Fsp3) is 0.500. The van der Waals surface area contributed by atoms with Gasteiger partial charge in [0.25, 0.3) is 10.0 Å². The van der Waals surface area contributed by atoms with E-state index in [4.69, 9.17) is 9.52 Å². The van der Waals surface area contributed by atoms with E-state index in [1.165, 1.54) is 0 Å². The monoisotopic (exact) mass is 319 g/mol. The van der Waals surface area contributed by atoms with Gasteiger partial charge < -0.3 is 14.3 Å². The summed E-state index contributed by atoms with van der Waals surface area (Å²) in [4.78, 5) is 22.3. The third kappa shape index (κ3) is 4.57. The highest BCUT2D eigenvalue weighted by Gasteiger charge is 2.29. The van der Waals surface area contributed by atoms with Gasteiger partial charge in [-0.2, -0.15) is 4.72 Å². The molecule has 0 aliphatic carbocycles. The van der Waals surface area contributed by atoms with E-state index in [2.05, 4.69) is 4.74 Å². The molecule has 8 nitrogen and oxygen atoms in total. The molecule has 0 amide bonds. The van der Waals surface area contributed by atoms with Crippen LogP contribution < -0.4 is 4.72 Å². The molecular formula is C12H17NO7S. The normalized spacial score (nSPS) is 13.1. The van der Waals surface area contributed by atoms with E-state index in [0.717, 1.165) is 19.4 Å². The minimum atomic E-state index is -4.18. The Bertz CT molecular complexity index is 617. The molecule has 0 bridgehead atoms. The second-order valence-corrected chi connectivity index (χ2v) is 6.43. The lowest BCUT2D eigenvalue weighted by Gasteiger charge is -2.15. The molecule has 2 N–H and O–H groups in total. The number of carboxylic acids is 1. The molecule has 1 rings (SSSR count). The largest absolute Gasteiger partial charge is 0.480 e. The first-order valence-electron chi connectivity index (χ1n) is 6.09. The Labute approximate surface area is 122 Å². The number of furan rings is 1. The van der Waals surface area contributed by atoms with Gasteiger partial charge in [-0.3, -0.25) is 4.79 Å². The number of aliphatic carboxylic acids is 1. The van der Waals surface area contributed by atoms with Gasteiger partial charge >= 0.3 is 11.9 Å². The van der Waals surface area contributed by atoms with Gasteiger partial charge in [0.15, 0.2) is 0 Å². The summed E-state index contributed by atoms with van der Waals surface area (Å²) in [5.74, 6) is -2.06. The van der Waals surface area contributed by atoms with Crippen molar-refractivity contribution in [2.24, 2.45) is 5.92 Å². The van der Waals surface area contributed by atoms with Crippen molar-refractivity contribution >= 4 is 22.0 Å². The van der Waals surface area contributed by atoms with Crippen molar-refractivity contribution in [2.45, 2.75) is 31.4 Å². The summed E-state index contributed by atoms with van der Waals surface area (Å²) in [5.41, 5.74) is -0.0754. The number of esters is 1. The van der Waals surface area contributed by atoms with E-state index in [1.54, 1.807) is 13.8 Å². The number of hydrogen-bond acceptors (Lipinski definition) is 6. The molecule has 1 heterocycles. The van der Waals surface area contributed by atoms with Crippen LogP contribution >= 0.6 is 0 Å². The predicted octanol–water partition coefficient (Wildman–Crippen LogP) is 0.844. The standard InChI is InChI=1S/C12H17NO7S/c1-7(2)4-9(11(14)15)13-21(17,18)10-5-8(6-20-10)12(16)19-3/h5-7,9,13H,4H2,1-3H3,(H,14,15). The Morgan fingerprint density at radius 1 is 1.43 bits per heavy atom. The SMILES string of the molecule is COC(=O)c1coc(S(=O)(=O)NC(CC(C)C)C(=O)O)c1. The Hall–Kier alpha value is -1.87. The molecule has 1 aromatic rings. The van der Waals surface area contributed by atoms with Gasteiger partial charge in [0, 0.05) is 6.07 Å². The van der Waals surface area contributed by atoms with Crippen LogP contribution in [0, 0.1) is 5.92 Å². The van der Waals surface area contributed by atoms with Crippen LogP contribution in [0.4, 0.5) is 0 Å². The minimum Gasteiger partial charge on any atom is -0.480 e. The number of methoxy groups -OCH3 is 1. The molecule has 0 saturated carbocycles. The number of rotatable bonds is 7. The topological polar surface area (TPSA) is 123 Å². The average molecular weight is 319 g/mol. The minimum absolute atomic E-state index is 0.0176. The lowest BCUT2D eigenvalue weighted by atomic mass is 10.1. The molecule has 0 aliphatic heterocycles. The van der Waals surface area contributed by atoms with Crippen molar-refractivity contribution in [3.63, 3.8) is 0 Å². The van der Waals surface area contributed by atoms with Crippen LogP contribution in [-0.2, 0) is 19.6 Å². The van der Waals surface area contributed by atoms with Crippen LogP contribution in [-0.4, -0.2) is 38.6 Å². The summed E-state index contributed by atoms with van der Waals surface area (Å²) >= 11 is 0. The summed E-state index contributed by atoms with van der Waals surface area (Å²) in [6.07, 6.45) is 1.05. The van der Waals surface area contributed by atoms with Gasteiger partial charge in [0.05, 0.1) is 12.7 Å². The zero-order valence-corrected chi connectivity index (χ0v) is 12.6. The number of sulfonamides is 1. The number of nitrogens with one attached hydrogen (secondary N) is 1.